The van der Waals surface area contributed by atoms with Gasteiger partial charge in [0, 0.05) is 11.6 Å². The molecular weight excluding hydrogens is 316 g/mol. The Morgan fingerprint density at radius 2 is 2.17 bits per heavy atom. The summed E-state index contributed by atoms with van der Waals surface area (Å²) in [5, 5.41) is 17.2. The smallest absolute Gasteiger partial charge is 0.257 e. The van der Waals surface area contributed by atoms with E-state index < -0.39 is 0 Å². The standard InChI is InChI=1S/C17H19ClN2O3/c1-10-15(17(22)19-11-5-4-6-12(21)9-11)16(20-23-10)13-7-2-3-8-14(13)18/h2-3,7-8,11-12,21H,4-6,9H2,1H3,(H,19,22)/t11-,12+/m0/s1. The fraction of sp³-hybridized carbons (Fsp3) is 0.412. The summed E-state index contributed by atoms with van der Waals surface area (Å²) in [6.07, 6.45) is 2.81. The first-order valence-corrected chi connectivity index (χ1v) is 8.14. The van der Waals surface area contributed by atoms with Crippen molar-refractivity contribution in [2.24, 2.45) is 0 Å². The molecule has 0 radical (unpaired) electrons. The second-order valence-electron chi connectivity index (χ2n) is 5.93. The van der Waals surface area contributed by atoms with Gasteiger partial charge in [0.1, 0.15) is 17.0 Å². The molecular formula is C17H19ClN2O3. The number of aliphatic hydroxyl groups excluding tert-OH is 1. The molecule has 6 heteroatoms. The van der Waals surface area contributed by atoms with Crippen LogP contribution in [-0.4, -0.2) is 28.3 Å². The maximum Gasteiger partial charge on any atom is 0.257 e. The van der Waals surface area contributed by atoms with Crippen molar-refractivity contribution in [3.05, 3.63) is 40.6 Å². The number of aromatic nitrogens is 1. The van der Waals surface area contributed by atoms with E-state index in [2.05, 4.69) is 10.5 Å². The quantitative estimate of drug-likeness (QED) is 0.902. The van der Waals surface area contributed by atoms with Gasteiger partial charge in [-0.25, -0.2) is 0 Å². The van der Waals surface area contributed by atoms with Crippen LogP contribution in [0.15, 0.2) is 28.8 Å². The predicted molar refractivity (Wildman–Crippen MR) is 87.4 cm³/mol. The molecule has 1 heterocycles. The Labute approximate surface area is 139 Å². The number of nitrogens with one attached hydrogen (secondary N) is 1. The lowest BCUT2D eigenvalue weighted by Gasteiger charge is -2.26. The van der Waals surface area contributed by atoms with E-state index in [1.54, 1.807) is 19.1 Å². The summed E-state index contributed by atoms with van der Waals surface area (Å²) >= 11 is 6.21. The van der Waals surface area contributed by atoms with E-state index in [0.717, 1.165) is 19.3 Å². The normalized spacial score (nSPS) is 21.2. The van der Waals surface area contributed by atoms with Crippen LogP contribution in [0.5, 0.6) is 0 Å². The van der Waals surface area contributed by atoms with Gasteiger partial charge in [-0.1, -0.05) is 35.0 Å². The summed E-state index contributed by atoms with van der Waals surface area (Å²) in [6.45, 7) is 1.71. The van der Waals surface area contributed by atoms with Crippen LogP contribution < -0.4 is 5.32 Å². The number of amides is 1. The summed E-state index contributed by atoms with van der Waals surface area (Å²) < 4.78 is 5.22. The molecule has 1 aliphatic carbocycles. The zero-order valence-electron chi connectivity index (χ0n) is 12.9. The van der Waals surface area contributed by atoms with E-state index in [1.807, 2.05) is 12.1 Å². The minimum Gasteiger partial charge on any atom is -0.393 e. The summed E-state index contributed by atoms with van der Waals surface area (Å²) in [7, 11) is 0. The van der Waals surface area contributed by atoms with Gasteiger partial charge in [-0.2, -0.15) is 0 Å². The Kier molecular flexibility index (Phi) is 4.68. The largest absolute Gasteiger partial charge is 0.393 e. The van der Waals surface area contributed by atoms with Crippen LogP contribution in [-0.2, 0) is 0 Å². The fourth-order valence-corrected chi connectivity index (χ4v) is 3.25. The van der Waals surface area contributed by atoms with Gasteiger partial charge >= 0.3 is 0 Å². The van der Waals surface area contributed by atoms with Gasteiger partial charge in [-0.3, -0.25) is 4.79 Å². The third kappa shape index (κ3) is 3.41. The summed E-state index contributed by atoms with van der Waals surface area (Å²) in [4.78, 5) is 12.7. The number of aliphatic hydroxyl groups is 1. The number of rotatable bonds is 3. The van der Waals surface area contributed by atoms with E-state index >= 15 is 0 Å². The number of carbonyl (C=O) groups excluding carboxylic acids is 1. The SMILES string of the molecule is Cc1onc(-c2ccccc2Cl)c1C(=O)N[C@H]1CCC[C@@H](O)C1. The van der Waals surface area contributed by atoms with Crippen LogP contribution in [0.25, 0.3) is 11.3 Å². The lowest BCUT2D eigenvalue weighted by molar-refractivity contribution is 0.0849. The number of carbonyl (C=O) groups is 1. The number of benzene rings is 1. The molecule has 1 aromatic heterocycles. The third-order valence-electron chi connectivity index (χ3n) is 4.20. The Morgan fingerprint density at radius 3 is 2.91 bits per heavy atom. The lowest BCUT2D eigenvalue weighted by atomic mass is 9.92. The topological polar surface area (TPSA) is 75.4 Å². The monoisotopic (exact) mass is 334 g/mol. The molecule has 2 atom stereocenters. The molecule has 1 aliphatic rings. The average Bonchev–Trinajstić information content (AvgIpc) is 2.89. The van der Waals surface area contributed by atoms with E-state index in [4.69, 9.17) is 16.1 Å². The number of nitrogens with zero attached hydrogens (tertiary/aromatic N) is 1. The van der Waals surface area contributed by atoms with E-state index in [1.165, 1.54) is 0 Å². The van der Waals surface area contributed by atoms with Crippen LogP contribution in [0.3, 0.4) is 0 Å². The summed E-state index contributed by atoms with van der Waals surface area (Å²) in [5.41, 5.74) is 1.51. The fourth-order valence-electron chi connectivity index (χ4n) is 3.03. The van der Waals surface area contributed by atoms with Gasteiger partial charge in [0.05, 0.1) is 11.1 Å². The highest BCUT2D eigenvalue weighted by molar-refractivity contribution is 6.33. The van der Waals surface area contributed by atoms with Gasteiger partial charge in [0.15, 0.2) is 0 Å². The molecule has 1 fully saturated rings. The zero-order chi connectivity index (χ0) is 16.4. The number of hydrogen-bond acceptors (Lipinski definition) is 4. The molecule has 0 bridgehead atoms. The van der Waals surface area contributed by atoms with Gasteiger partial charge in [0.2, 0.25) is 0 Å². The average molecular weight is 335 g/mol. The molecule has 0 spiro atoms. The van der Waals surface area contributed by atoms with Crippen LogP contribution in [0.4, 0.5) is 0 Å². The maximum atomic E-state index is 12.7. The van der Waals surface area contributed by atoms with E-state index in [0.29, 0.717) is 34.0 Å². The second kappa shape index (κ2) is 6.72. The highest BCUT2D eigenvalue weighted by Gasteiger charge is 2.27. The van der Waals surface area contributed by atoms with Crippen LogP contribution >= 0.6 is 11.6 Å². The Bertz CT molecular complexity index is 714. The van der Waals surface area contributed by atoms with Crippen molar-refractivity contribution in [3.63, 3.8) is 0 Å². The van der Waals surface area contributed by atoms with Crippen molar-refractivity contribution in [1.82, 2.24) is 10.5 Å². The summed E-state index contributed by atoms with van der Waals surface area (Å²) in [5.74, 6) is 0.214. The first-order chi connectivity index (χ1) is 11.1. The van der Waals surface area contributed by atoms with Crippen molar-refractivity contribution >= 4 is 17.5 Å². The molecule has 5 nitrogen and oxygen atoms in total. The molecule has 122 valence electrons. The molecule has 3 rings (SSSR count). The number of aryl methyl sites for hydroxylation is 1. The Morgan fingerprint density at radius 1 is 1.39 bits per heavy atom. The highest BCUT2D eigenvalue weighted by Crippen LogP contribution is 2.31. The van der Waals surface area contributed by atoms with Crippen LogP contribution in [0.1, 0.15) is 41.8 Å². The lowest BCUT2D eigenvalue weighted by Crippen LogP contribution is -2.40. The number of hydrogen-bond donors (Lipinski definition) is 2. The zero-order valence-corrected chi connectivity index (χ0v) is 13.6. The van der Waals surface area contributed by atoms with Crippen molar-refractivity contribution in [2.75, 3.05) is 0 Å². The molecule has 0 aliphatic heterocycles. The van der Waals surface area contributed by atoms with Crippen LogP contribution in [0, 0.1) is 6.92 Å². The van der Waals surface area contributed by atoms with E-state index in [-0.39, 0.29) is 18.1 Å². The second-order valence-corrected chi connectivity index (χ2v) is 6.34. The van der Waals surface area contributed by atoms with E-state index in [9.17, 15) is 9.90 Å². The first-order valence-electron chi connectivity index (χ1n) is 7.76. The molecule has 1 amide bonds. The van der Waals surface area contributed by atoms with Crippen molar-refractivity contribution in [1.29, 1.82) is 0 Å². The summed E-state index contributed by atoms with van der Waals surface area (Å²) in [6, 6.07) is 7.19. The molecule has 1 saturated carbocycles. The first kappa shape index (κ1) is 16.0. The van der Waals surface area contributed by atoms with Gasteiger partial charge in [0.25, 0.3) is 5.91 Å². The predicted octanol–water partition coefficient (Wildman–Crippen LogP) is 3.34. The Balaban J connectivity index is 1.86. The molecule has 0 saturated heterocycles. The number of halogens is 1. The molecule has 2 N–H and O–H groups in total. The van der Waals surface area contributed by atoms with Gasteiger partial charge in [-0.05, 0) is 38.7 Å². The minimum absolute atomic E-state index is 0.0281. The van der Waals surface area contributed by atoms with Gasteiger partial charge < -0.3 is 14.9 Å². The van der Waals surface area contributed by atoms with Crippen LogP contribution in [0.2, 0.25) is 5.02 Å². The molecule has 1 aromatic carbocycles. The highest BCUT2D eigenvalue weighted by atomic mass is 35.5. The van der Waals surface area contributed by atoms with Gasteiger partial charge in [-0.15, -0.1) is 0 Å². The van der Waals surface area contributed by atoms with Crippen molar-refractivity contribution < 1.29 is 14.4 Å². The van der Waals surface area contributed by atoms with Crippen molar-refractivity contribution in [3.8, 4) is 11.3 Å². The molecule has 2 aromatic rings. The maximum absolute atomic E-state index is 12.7. The van der Waals surface area contributed by atoms with Crippen molar-refractivity contribution in [2.45, 2.75) is 44.8 Å². The Hall–Kier alpha value is -1.85. The third-order valence-corrected chi connectivity index (χ3v) is 4.53. The molecule has 23 heavy (non-hydrogen) atoms. The molecule has 0 unspecified atom stereocenters. The minimum atomic E-state index is -0.347.